The van der Waals surface area contributed by atoms with Crippen LogP contribution in [0.2, 0.25) is 0 Å². The quantitative estimate of drug-likeness (QED) is 0.802. The number of phenolic OH excluding ortho intramolecular Hbond substituents is 1. The van der Waals surface area contributed by atoms with E-state index in [2.05, 4.69) is 15.4 Å². The van der Waals surface area contributed by atoms with Crippen molar-refractivity contribution in [2.45, 2.75) is 6.92 Å². The lowest BCUT2D eigenvalue weighted by Gasteiger charge is -2.10. The van der Waals surface area contributed by atoms with E-state index in [1.165, 1.54) is 26.4 Å². The van der Waals surface area contributed by atoms with Crippen molar-refractivity contribution in [3.63, 3.8) is 0 Å². The van der Waals surface area contributed by atoms with E-state index in [0.717, 1.165) is 0 Å². The van der Waals surface area contributed by atoms with Crippen molar-refractivity contribution in [2.24, 2.45) is 0 Å². The molecule has 0 saturated carbocycles. The summed E-state index contributed by atoms with van der Waals surface area (Å²) in [6.45, 7) is 1.93. The monoisotopic (exact) mass is 293 g/mol. The number of phenols is 1. The van der Waals surface area contributed by atoms with Gasteiger partial charge in [-0.25, -0.2) is 4.79 Å². The van der Waals surface area contributed by atoms with Gasteiger partial charge in [-0.05, 0) is 19.1 Å². The molecule has 0 amide bonds. The first-order valence-electron chi connectivity index (χ1n) is 6.15. The highest BCUT2D eigenvalue weighted by atomic mass is 16.5. The maximum atomic E-state index is 11.8. The van der Waals surface area contributed by atoms with Crippen LogP contribution in [0.1, 0.15) is 17.4 Å². The molecule has 1 aromatic heterocycles. The van der Waals surface area contributed by atoms with Crippen molar-refractivity contribution in [2.75, 3.05) is 20.8 Å². The van der Waals surface area contributed by atoms with Gasteiger partial charge in [-0.15, -0.1) is 5.10 Å². The molecule has 21 heavy (non-hydrogen) atoms. The van der Waals surface area contributed by atoms with Gasteiger partial charge in [0.15, 0.2) is 17.2 Å². The molecular formula is C13H15N3O5. The number of nitrogens with zero attached hydrogens (tertiary/aromatic N) is 2. The number of esters is 1. The van der Waals surface area contributed by atoms with Gasteiger partial charge in [0.05, 0.1) is 20.8 Å². The predicted molar refractivity (Wildman–Crippen MR) is 72.5 cm³/mol. The number of aromatic nitrogens is 3. The van der Waals surface area contributed by atoms with Crippen LogP contribution in [0.25, 0.3) is 11.3 Å². The molecule has 0 unspecified atom stereocenters. The molecule has 0 fully saturated rings. The third kappa shape index (κ3) is 2.73. The molecule has 8 nitrogen and oxygen atoms in total. The largest absolute Gasteiger partial charge is 0.502 e. The summed E-state index contributed by atoms with van der Waals surface area (Å²) in [5, 5.41) is 20.0. The zero-order valence-electron chi connectivity index (χ0n) is 11.8. The summed E-state index contributed by atoms with van der Waals surface area (Å²) < 4.78 is 15.1. The van der Waals surface area contributed by atoms with Crippen molar-refractivity contribution in [1.29, 1.82) is 0 Å². The van der Waals surface area contributed by atoms with Gasteiger partial charge in [0.2, 0.25) is 5.75 Å². The fraction of sp³-hybridized carbons (Fsp3) is 0.308. The predicted octanol–water partition coefficient (Wildman–Crippen LogP) is 1.37. The summed E-state index contributed by atoms with van der Waals surface area (Å²) >= 11 is 0. The molecule has 0 aliphatic heterocycles. The summed E-state index contributed by atoms with van der Waals surface area (Å²) in [5.74, 6) is -0.332. The maximum Gasteiger partial charge on any atom is 0.361 e. The lowest BCUT2D eigenvalue weighted by molar-refractivity contribution is 0.0520. The van der Waals surface area contributed by atoms with Gasteiger partial charge in [0.25, 0.3) is 0 Å². The topological polar surface area (TPSA) is 107 Å². The summed E-state index contributed by atoms with van der Waals surface area (Å²) in [6.07, 6.45) is 0. The fourth-order valence-corrected chi connectivity index (χ4v) is 1.80. The van der Waals surface area contributed by atoms with Crippen LogP contribution in [0.4, 0.5) is 0 Å². The normalized spacial score (nSPS) is 10.2. The van der Waals surface area contributed by atoms with Crippen molar-refractivity contribution in [3.05, 3.63) is 17.8 Å². The van der Waals surface area contributed by atoms with E-state index in [-0.39, 0.29) is 35.2 Å². The highest BCUT2D eigenvalue weighted by Gasteiger charge is 2.21. The first-order valence-corrected chi connectivity index (χ1v) is 6.15. The first-order chi connectivity index (χ1) is 10.1. The molecule has 1 aromatic carbocycles. The third-order valence-corrected chi connectivity index (χ3v) is 2.77. The van der Waals surface area contributed by atoms with Crippen molar-refractivity contribution < 1.29 is 24.1 Å². The molecule has 0 atom stereocenters. The van der Waals surface area contributed by atoms with E-state index in [4.69, 9.17) is 14.2 Å². The molecule has 2 N–H and O–H groups in total. The van der Waals surface area contributed by atoms with E-state index in [9.17, 15) is 9.90 Å². The van der Waals surface area contributed by atoms with Crippen LogP contribution in [0.3, 0.4) is 0 Å². The molecule has 0 saturated heterocycles. The minimum Gasteiger partial charge on any atom is -0.502 e. The van der Waals surface area contributed by atoms with E-state index < -0.39 is 5.97 Å². The number of ether oxygens (including phenoxy) is 3. The highest BCUT2D eigenvalue weighted by Crippen LogP contribution is 2.40. The standard InChI is InChI=1S/C13H15N3O5/c1-4-21-13(18)11-10(14-16-15-11)7-5-8(19-2)12(17)9(6-7)20-3/h5-6,17H,4H2,1-3H3,(H,14,15,16). The fourth-order valence-electron chi connectivity index (χ4n) is 1.80. The van der Waals surface area contributed by atoms with Crippen LogP contribution in [-0.2, 0) is 4.74 Å². The van der Waals surface area contributed by atoms with Gasteiger partial charge >= 0.3 is 5.97 Å². The number of nitrogens with one attached hydrogen (secondary N) is 1. The second-order valence-corrected chi connectivity index (χ2v) is 3.97. The Morgan fingerprint density at radius 3 is 2.38 bits per heavy atom. The summed E-state index contributed by atoms with van der Waals surface area (Å²) in [4.78, 5) is 11.8. The molecular weight excluding hydrogens is 278 g/mol. The highest BCUT2D eigenvalue weighted by molar-refractivity contribution is 5.94. The molecule has 0 aliphatic carbocycles. The van der Waals surface area contributed by atoms with Crippen LogP contribution in [0.5, 0.6) is 17.2 Å². The second-order valence-electron chi connectivity index (χ2n) is 3.97. The van der Waals surface area contributed by atoms with Crippen LogP contribution in [-0.4, -0.2) is 47.3 Å². The number of aromatic hydroxyl groups is 1. The Hall–Kier alpha value is -2.77. The molecule has 0 aliphatic rings. The van der Waals surface area contributed by atoms with E-state index in [0.29, 0.717) is 5.56 Å². The average Bonchev–Trinajstić information content (AvgIpc) is 2.97. The number of benzene rings is 1. The molecule has 112 valence electrons. The molecule has 0 bridgehead atoms. The van der Waals surface area contributed by atoms with Crippen LogP contribution in [0.15, 0.2) is 12.1 Å². The molecule has 2 aromatic rings. The van der Waals surface area contributed by atoms with Gasteiger partial charge in [0.1, 0.15) is 5.69 Å². The van der Waals surface area contributed by atoms with Gasteiger partial charge in [-0.2, -0.15) is 10.3 Å². The SMILES string of the molecule is CCOC(=O)c1n[nH]nc1-c1cc(OC)c(O)c(OC)c1. The Morgan fingerprint density at radius 1 is 1.24 bits per heavy atom. The number of aromatic amines is 1. The van der Waals surface area contributed by atoms with Crippen LogP contribution < -0.4 is 9.47 Å². The molecule has 0 spiro atoms. The Bertz CT molecular complexity index is 628. The van der Waals surface area contributed by atoms with Crippen molar-refractivity contribution in [1.82, 2.24) is 15.4 Å². The van der Waals surface area contributed by atoms with Crippen LogP contribution in [0, 0.1) is 0 Å². The molecule has 2 rings (SSSR count). The lowest BCUT2D eigenvalue weighted by Crippen LogP contribution is -2.06. The van der Waals surface area contributed by atoms with Crippen molar-refractivity contribution in [3.8, 4) is 28.5 Å². The minimum atomic E-state index is -0.591. The summed E-state index contributed by atoms with van der Waals surface area (Å²) in [7, 11) is 2.82. The lowest BCUT2D eigenvalue weighted by atomic mass is 10.1. The van der Waals surface area contributed by atoms with Gasteiger partial charge in [-0.1, -0.05) is 0 Å². The van der Waals surface area contributed by atoms with E-state index in [1.807, 2.05) is 0 Å². The number of hydrogen-bond donors (Lipinski definition) is 2. The van der Waals surface area contributed by atoms with Crippen LogP contribution >= 0.6 is 0 Å². The summed E-state index contributed by atoms with van der Waals surface area (Å²) in [5.41, 5.74) is 0.829. The number of carbonyl (C=O) groups excluding carboxylic acids is 1. The zero-order chi connectivity index (χ0) is 15.4. The molecule has 1 heterocycles. The van der Waals surface area contributed by atoms with Gasteiger partial charge in [-0.3, -0.25) is 0 Å². The third-order valence-electron chi connectivity index (χ3n) is 2.77. The Kier molecular flexibility index (Phi) is 4.27. The Morgan fingerprint density at radius 2 is 1.86 bits per heavy atom. The van der Waals surface area contributed by atoms with Crippen molar-refractivity contribution >= 4 is 5.97 Å². The minimum absolute atomic E-state index is 0.0478. The number of methoxy groups -OCH3 is 2. The number of H-pyrrole nitrogens is 1. The second kappa shape index (κ2) is 6.12. The molecule has 0 radical (unpaired) electrons. The first kappa shape index (κ1) is 14.6. The smallest absolute Gasteiger partial charge is 0.361 e. The number of hydrogen-bond acceptors (Lipinski definition) is 7. The maximum absolute atomic E-state index is 11.8. The van der Waals surface area contributed by atoms with E-state index in [1.54, 1.807) is 6.92 Å². The molecule has 8 heteroatoms. The number of rotatable bonds is 5. The Balaban J connectivity index is 2.52. The zero-order valence-corrected chi connectivity index (χ0v) is 11.8. The average molecular weight is 293 g/mol. The van der Waals surface area contributed by atoms with E-state index >= 15 is 0 Å². The van der Waals surface area contributed by atoms with Gasteiger partial charge < -0.3 is 19.3 Å². The number of carbonyl (C=O) groups is 1. The summed E-state index contributed by atoms with van der Waals surface area (Å²) in [6, 6.07) is 3.05. The Labute approximate surface area is 120 Å². The van der Waals surface area contributed by atoms with Gasteiger partial charge in [0, 0.05) is 5.56 Å².